The van der Waals surface area contributed by atoms with Crippen molar-refractivity contribution in [1.29, 1.82) is 0 Å². The molecule has 0 fully saturated rings. The van der Waals surface area contributed by atoms with Gasteiger partial charge in [0.25, 0.3) is 0 Å². The predicted molar refractivity (Wildman–Crippen MR) is 57.4 cm³/mol. The van der Waals surface area contributed by atoms with Crippen molar-refractivity contribution in [3.05, 3.63) is 32.3 Å². The lowest BCUT2D eigenvalue weighted by Crippen LogP contribution is -2.02. The SMILES string of the molecule is CC(C)=C1C=C(Br)C(=O)C(Br)=C1. The first-order valence-corrected chi connectivity index (χ1v) is 5.07. The Labute approximate surface area is 88.5 Å². The molecule has 1 aliphatic carbocycles. The number of carbonyl (C=O) groups is 1. The van der Waals surface area contributed by atoms with Crippen molar-refractivity contribution in [1.82, 2.24) is 0 Å². The molecule has 12 heavy (non-hydrogen) atoms. The minimum atomic E-state index is 0.000000000000000222. The normalized spacial score (nSPS) is 17.3. The Hall–Kier alpha value is -0.150. The van der Waals surface area contributed by atoms with Crippen LogP contribution in [0.4, 0.5) is 0 Å². The van der Waals surface area contributed by atoms with Crippen LogP contribution >= 0.6 is 31.9 Å². The van der Waals surface area contributed by atoms with Crippen LogP contribution < -0.4 is 0 Å². The highest BCUT2D eigenvalue weighted by atomic mass is 79.9. The van der Waals surface area contributed by atoms with E-state index in [0.29, 0.717) is 8.96 Å². The van der Waals surface area contributed by atoms with Crippen LogP contribution in [0.15, 0.2) is 32.3 Å². The van der Waals surface area contributed by atoms with Gasteiger partial charge in [0.15, 0.2) is 0 Å². The third-order valence-corrected chi connectivity index (χ3v) is 2.75. The lowest BCUT2D eigenvalue weighted by molar-refractivity contribution is -0.110. The minimum Gasteiger partial charge on any atom is -0.287 e. The van der Waals surface area contributed by atoms with E-state index in [2.05, 4.69) is 31.9 Å². The van der Waals surface area contributed by atoms with E-state index < -0.39 is 0 Å². The van der Waals surface area contributed by atoms with E-state index in [-0.39, 0.29) is 5.78 Å². The van der Waals surface area contributed by atoms with Gasteiger partial charge >= 0.3 is 0 Å². The van der Waals surface area contributed by atoms with Crippen molar-refractivity contribution in [2.45, 2.75) is 13.8 Å². The first-order chi connectivity index (χ1) is 5.52. The number of Topliss-reactive ketones (excluding diaryl/α,β-unsaturated/α-hetero) is 1. The lowest BCUT2D eigenvalue weighted by Gasteiger charge is -2.08. The van der Waals surface area contributed by atoms with Gasteiger partial charge in [-0.1, -0.05) is 5.57 Å². The van der Waals surface area contributed by atoms with Crippen LogP contribution in [0.5, 0.6) is 0 Å². The molecule has 0 saturated heterocycles. The van der Waals surface area contributed by atoms with E-state index in [0.717, 1.165) is 5.57 Å². The summed E-state index contributed by atoms with van der Waals surface area (Å²) in [5.41, 5.74) is 2.27. The second-order valence-corrected chi connectivity index (χ2v) is 4.48. The number of rotatable bonds is 0. The molecular formula is C9H8Br2O. The summed E-state index contributed by atoms with van der Waals surface area (Å²) in [7, 11) is 0. The molecule has 0 atom stereocenters. The monoisotopic (exact) mass is 290 g/mol. The Morgan fingerprint density at radius 1 is 1.17 bits per heavy atom. The molecule has 0 aromatic carbocycles. The second kappa shape index (κ2) is 3.71. The van der Waals surface area contributed by atoms with Gasteiger partial charge in [-0.25, -0.2) is 0 Å². The maximum atomic E-state index is 11.2. The minimum absolute atomic E-state index is 0.000000000000000222. The van der Waals surface area contributed by atoms with Crippen molar-refractivity contribution in [2.24, 2.45) is 0 Å². The van der Waals surface area contributed by atoms with Crippen molar-refractivity contribution in [3.8, 4) is 0 Å². The average Bonchev–Trinajstić information content (AvgIpc) is 1.99. The van der Waals surface area contributed by atoms with Gasteiger partial charge in [0.1, 0.15) is 0 Å². The van der Waals surface area contributed by atoms with Gasteiger partial charge in [-0.15, -0.1) is 0 Å². The van der Waals surface area contributed by atoms with Gasteiger partial charge in [0.05, 0.1) is 8.96 Å². The molecule has 0 aromatic heterocycles. The Kier molecular flexibility index (Phi) is 3.07. The molecule has 0 aromatic rings. The van der Waals surface area contributed by atoms with Crippen molar-refractivity contribution >= 4 is 37.6 Å². The van der Waals surface area contributed by atoms with Crippen LogP contribution in [0, 0.1) is 0 Å². The van der Waals surface area contributed by atoms with Crippen LogP contribution in [0.2, 0.25) is 0 Å². The highest BCUT2D eigenvalue weighted by Gasteiger charge is 2.15. The molecule has 0 spiro atoms. The molecule has 1 nitrogen and oxygen atoms in total. The van der Waals surface area contributed by atoms with E-state index in [1.165, 1.54) is 5.57 Å². The summed E-state index contributed by atoms with van der Waals surface area (Å²) in [5.74, 6) is 0.000000000000000222. The second-order valence-electron chi connectivity index (χ2n) is 2.77. The summed E-state index contributed by atoms with van der Waals surface area (Å²) in [6, 6.07) is 0. The number of halogens is 2. The average molecular weight is 292 g/mol. The van der Waals surface area contributed by atoms with Crippen LogP contribution in [0.25, 0.3) is 0 Å². The van der Waals surface area contributed by atoms with Crippen molar-refractivity contribution in [2.75, 3.05) is 0 Å². The molecule has 1 aliphatic rings. The summed E-state index contributed by atoms with van der Waals surface area (Å²) in [4.78, 5) is 11.2. The molecule has 0 N–H and O–H groups in total. The molecule has 64 valence electrons. The summed E-state index contributed by atoms with van der Waals surface area (Å²) < 4.78 is 1.21. The summed E-state index contributed by atoms with van der Waals surface area (Å²) in [5, 5.41) is 0. The number of hydrogen-bond acceptors (Lipinski definition) is 1. The van der Waals surface area contributed by atoms with E-state index in [1.54, 1.807) is 0 Å². The Balaban J connectivity index is 3.17. The predicted octanol–water partition coefficient (Wildman–Crippen LogP) is 3.46. The fourth-order valence-corrected chi connectivity index (χ4v) is 2.04. The number of hydrogen-bond donors (Lipinski definition) is 0. The van der Waals surface area contributed by atoms with E-state index >= 15 is 0 Å². The van der Waals surface area contributed by atoms with Gasteiger partial charge in [-0.2, -0.15) is 0 Å². The zero-order chi connectivity index (χ0) is 9.30. The largest absolute Gasteiger partial charge is 0.287 e. The molecule has 0 amide bonds. The quantitative estimate of drug-likeness (QED) is 0.668. The summed E-state index contributed by atoms with van der Waals surface area (Å²) in [6.45, 7) is 4.03. The molecular weight excluding hydrogens is 284 g/mol. The van der Waals surface area contributed by atoms with Gasteiger partial charge in [0, 0.05) is 0 Å². The summed E-state index contributed by atoms with van der Waals surface area (Å²) >= 11 is 6.42. The van der Waals surface area contributed by atoms with Crippen LogP contribution in [-0.2, 0) is 4.79 Å². The summed E-state index contributed by atoms with van der Waals surface area (Å²) in [6.07, 6.45) is 3.67. The highest BCUT2D eigenvalue weighted by Crippen LogP contribution is 2.27. The van der Waals surface area contributed by atoms with Crippen LogP contribution in [-0.4, -0.2) is 5.78 Å². The smallest absolute Gasteiger partial charge is 0.206 e. The van der Waals surface area contributed by atoms with Crippen molar-refractivity contribution in [3.63, 3.8) is 0 Å². The van der Waals surface area contributed by atoms with E-state index in [9.17, 15) is 4.79 Å². The zero-order valence-corrected chi connectivity index (χ0v) is 9.99. The van der Waals surface area contributed by atoms with Gasteiger partial charge in [-0.05, 0) is 63.4 Å². The zero-order valence-electron chi connectivity index (χ0n) is 6.82. The standard InChI is InChI=1S/C9H8Br2O/c1-5(2)6-3-7(10)9(12)8(11)4-6/h3-4H,1-2H3. The third-order valence-electron chi connectivity index (χ3n) is 1.58. The number of carbonyl (C=O) groups excluding carboxylic acids is 1. The topological polar surface area (TPSA) is 17.1 Å². The first kappa shape index (κ1) is 9.93. The highest BCUT2D eigenvalue weighted by molar-refractivity contribution is 9.13. The first-order valence-electron chi connectivity index (χ1n) is 3.49. The van der Waals surface area contributed by atoms with Crippen LogP contribution in [0.1, 0.15) is 13.8 Å². The Morgan fingerprint density at radius 3 is 1.92 bits per heavy atom. The molecule has 0 unspecified atom stereocenters. The van der Waals surface area contributed by atoms with E-state index in [1.807, 2.05) is 26.0 Å². The molecule has 0 heterocycles. The number of ketones is 1. The molecule has 1 rings (SSSR count). The molecule has 0 aliphatic heterocycles. The molecule has 3 heteroatoms. The fourth-order valence-electron chi connectivity index (χ4n) is 0.849. The van der Waals surface area contributed by atoms with Gasteiger partial charge in [0.2, 0.25) is 5.78 Å². The van der Waals surface area contributed by atoms with Crippen molar-refractivity contribution < 1.29 is 4.79 Å². The number of allylic oxidation sites excluding steroid dienone is 6. The fraction of sp³-hybridized carbons (Fsp3) is 0.222. The molecule has 0 saturated carbocycles. The third kappa shape index (κ3) is 1.96. The van der Waals surface area contributed by atoms with E-state index in [4.69, 9.17) is 0 Å². The molecule has 0 radical (unpaired) electrons. The Bertz CT molecular complexity index is 293. The van der Waals surface area contributed by atoms with Crippen LogP contribution in [0.3, 0.4) is 0 Å². The van der Waals surface area contributed by atoms with Gasteiger partial charge < -0.3 is 0 Å². The maximum Gasteiger partial charge on any atom is 0.206 e. The van der Waals surface area contributed by atoms with Gasteiger partial charge in [-0.3, -0.25) is 4.79 Å². The maximum absolute atomic E-state index is 11.2. The lowest BCUT2D eigenvalue weighted by atomic mass is 10.0. The Morgan fingerprint density at radius 2 is 1.58 bits per heavy atom. The molecule has 0 bridgehead atoms.